The van der Waals surface area contributed by atoms with Crippen molar-refractivity contribution in [3.63, 3.8) is 0 Å². The maximum absolute atomic E-state index is 5.77. The van der Waals surface area contributed by atoms with E-state index in [4.69, 9.17) is 4.74 Å². The zero-order valence-corrected chi connectivity index (χ0v) is 12.9. The zero-order chi connectivity index (χ0) is 15.4. The monoisotopic (exact) mass is 289 g/mol. The number of aryl methyl sites for hydroxylation is 1. The lowest BCUT2D eigenvalue weighted by atomic mass is 10.0. The van der Waals surface area contributed by atoms with Gasteiger partial charge >= 0.3 is 0 Å². The predicted molar refractivity (Wildman–Crippen MR) is 93.6 cm³/mol. The van der Waals surface area contributed by atoms with Crippen LogP contribution in [0.25, 0.3) is 10.8 Å². The molecule has 3 aromatic carbocycles. The van der Waals surface area contributed by atoms with E-state index in [0.717, 1.165) is 22.4 Å². The van der Waals surface area contributed by atoms with Crippen molar-refractivity contribution < 1.29 is 4.74 Å². The molecule has 3 rings (SSSR count). The molecular weight excluding hydrogens is 270 g/mol. The minimum Gasteiger partial charge on any atom is -0.493 e. The molecule has 0 unspecified atom stereocenters. The van der Waals surface area contributed by atoms with Gasteiger partial charge < -0.3 is 4.74 Å². The topological polar surface area (TPSA) is 21.6 Å². The number of benzene rings is 3. The maximum Gasteiger partial charge on any atom is 0.128 e. The van der Waals surface area contributed by atoms with Crippen molar-refractivity contribution in [2.75, 3.05) is 6.61 Å². The molecule has 0 aliphatic carbocycles. The third kappa shape index (κ3) is 3.01. The molecule has 0 radical (unpaired) electrons. The third-order valence-corrected chi connectivity index (χ3v) is 3.57. The number of aliphatic imine (C=N–C) groups is 1. The standard InChI is InChI=1S/C20H19NO/c1-3-22-20-12-11-16-8-4-5-10-18(16)19(20)14-21-17-9-6-7-15(2)13-17/h4-14H,3H2,1-2H3. The summed E-state index contributed by atoms with van der Waals surface area (Å²) >= 11 is 0. The fourth-order valence-corrected chi connectivity index (χ4v) is 2.54. The van der Waals surface area contributed by atoms with Crippen LogP contribution in [0.2, 0.25) is 0 Å². The Morgan fingerprint density at radius 2 is 1.86 bits per heavy atom. The van der Waals surface area contributed by atoms with Gasteiger partial charge in [-0.3, -0.25) is 4.99 Å². The van der Waals surface area contributed by atoms with Crippen LogP contribution in [0.5, 0.6) is 5.75 Å². The molecule has 0 heterocycles. The first-order valence-electron chi connectivity index (χ1n) is 7.53. The highest BCUT2D eigenvalue weighted by molar-refractivity contribution is 6.03. The van der Waals surface area contributed by atoms with Crippen LogP contribution in [0.15, 0.2) is 65.7 Å². The quantitative estimate of drug-likeness (QED) is 0.597. The minimum absolute atomic E-state index is 0.642. The molecule has 0 amide bonds. The van der Waals surface area contributed by atoms with Gasteiger partial charge in [0.2, 0.25) is 0 Å². The van der Waals surface area contributed by atoms with Crippen LogP contribution in [-0.4, -0.2) is 12.8 Å². The summed E-state index contributed by atoms with van der Waals surface area (Å²) in [6.07, 6.45) is 1.90. The summed E-state index contributed by atoms with van der Waals surface area (Å²) in [5.41, 5.74) is 3.19. The van der Waals surface area contributed by atoms with Crippen molar-refractivity contribution in [1.29, 1.82) is 0 Å². The Morgan fingerprint density at radius 1 is 1.00 bits per heavy atom. The second-order valence-corrected chi connectivity index (χ2v) is 5.23. The average molecular weight is 289 g/mol. The van der Waals surface area contributed by atoms with Gasteiger partial charge in [-0.2, -0.15) is 0 Å². The number of rotatable bonds is 4. The highest BCUT2D eigenvalue weighted by atomic mass is 16.5. The largest absolute Gasteiger partial charge is 0.493 e. The van der Waals surface area contributed by atoms with Gasteiger partial charge in [0.25, 0.3) is 0 Å². The molecular formula is C20H19NO. The Hall–Kier alpha value is -2.61. The molecule has 0 aromatic heterocycles. The Kier molecular flexibility index (Phi) is 4.19. The van der Waals surface area contributed by atoms with E-state index in [9.17, 15) is 0 Å². The van der Waals surface area contributed by atoms with Crippen LogP contribution in [-0.2, 0) is 0 Å². The van der Waals surface area contributed by atoms with E-state index in [0.29, 0.717) is 6.61 Å². The van der Waals surface area contributed by atoms with E-state index in [2.05, 4.69) is 42.2 Å². The summed E-state index contributed by atoms with van der Waals surface area (Å²) in [5, 5.41) is 2.35. The van der Waals surface area contributed by atoms with E-state index in [1.165, 1.54) is 10.9 Å². The fourth-order valence-electron chi connectivity index (χ4n) is 2.54. The predicted octanol–water partition coefficient (Wildman–Crippen LogP) is 5.30. The lowest BCUT2D eigenvalue weighted by Crippen LogP contribution is -1.97. The summed E-state index contributed by atoms with van der Waals surface area (Å²) in [7, 11) is 0. The SMILES string of the molecule is CCOc1ccc2ccccc2c1C=Nc1cccc(C)c1. The second kappa shape index (κ2) is 6.44. The average Bonchev–Trinajstić information content (AvgIpc) is 2.54. The molecule has 22 heavy (non-hydrogen) atoms. The lowest BCUT2D eigenvalue weighted by Gasteiger charge is -2.10. The van der Waals surface area contributed by atoms with Gasteiger partial charge in [-0.15, -0.1) is 0 Å². The van der Waals surface area contributed by atoms with Crippen molar-refractivity contribution in [3.8, 4) is 5.75 Å². The van der Waals surface area contributed by atoms with Gasteiger partial charge in [-0.1, -0.05) is 42.5 Å². The molecule has 110 valence electrons. The normalized spacial score (nSPS) is 11.2. The van der Waals surface area contributed by atoms with E-state index >= 15 is 0 Å². The first kappa shape index (κ1) is 14.3. The Morgan fingerprint density at radius 3 is 2.68 bits per heavy atom. The van der Waals surface area contributed by atoms with E-state index in [1.54, 1.807) is 0 Å². The maximum atomic E-state index is 5.77. The zero-order valence-electron chi connectivity index (χ0n) is 12.9. The minimum atomic E-state index is 0.642. The molecule has 0 aliphatic rings. The van der Waals surface area contributed by atoms with Gasteiger partial charge in [0.05, 0.1) is 12.3 Å². The summed E-state index contributed by atoms with van der Waals surface area (Å²) in [4.78, 5) is 4.63. The van der Waals surface area contributed by atoms with Crippen molar-refractivity contribution in [1.82, 2.24) is 0 Å². The molecule has 0 fully saturated rings. The lowest BCUT2D eigenvalue weighted by molar-refractivity contribution is 0.340. The Balaban J connectivity index is 2.09. The Bertz CT molecular complexity index is 821. The fraction of sp³-hybridized carbons (Fsp3) is 0.150. The van der Waals surface area contributed by atoms with E-state index < -0.39 is 0 Å². The number of ether oxygens (including phenoxy) is 1. The van der Waals surface area contributed by atoms with Gasteiger partial charge in [-0.25, -0.2) is 0 Å². The summed E-state index contributed by atoms with van der Waals surface area (Å²) < 4.78 is 5.77. The van der Waals surface area contributed by atoms with E-state index in [-0.39, 0.29) is 0 Å². The molecule has 0 N–H and O–H groups in total. The van der Waals surface area contributed by atoms with Crippen LogP contribution >= 0.6 is 0 Å². The van der Waals surface area contributed by atoms with Crippen molar-refractivity contribution >= 4 is 22.7 Å². The van der Waals surface area contributed by atoms with Gasteiger partial charge in [-0.05, 0) is 48.4 Å². The number of hydrogen-bond donors (Lipinski definition) is 0. The van der Waals surface area contributed by atoms with Crippen LogP contribution in [0, 0.1) is 6.92 Å². The molecule has 3 aromatic rings. The van der Waals surface area contributed by atoms with Crippen molar-refractivity contribution in [2.24, 2.45) is 4.99 Å². The summed E-state index contributed by atoms with van der Waals surface area (Å²) in [5.74, 6) is 0.873. The second-order valence-electron chi connectivity index (χ2n) is 5.23. The van der Waals surface area contributed by atoms with Crippen molar-refractivity contribution in [3.05, 3.63) is 71.8 Å². The summed E-state index contributed by atoms with van der Waals surface area (Å²) in [6, 6.07) is 20.6. The van der Waals surface area contributed by atoms with Gasteiger partial charge in [0, 0.05) is 11.8 Å². The number of fused-ring (bicyclic) bond motifs is 1. The first-order valence-corrected chi connectivity index (χ1v) is 7.53. The number of hydrogen-bond acceptors (Lipinski definition) is 2. The smallest absolute Gasteiger partial charge is 0.128 e. The highest BCUT2D eigenvalue weighted by Gasteiger charge is 2.06. The molecule has 0 saturated carbocycles. The molecule has 0 aliphatic heterocycles. The van der Waals surface area contributed by atoms with Crippen molar-refractivity contribution in [2.45, 2.75) is 13.8 Å². The molecule has 2 heteroatoms. The Labute approximate surface area is 131 Å². The van der Waals surface area contributed by atoms with E-state index in [1.807, 2.05) is 43.5 Å². The summed E-state index contributed by atoms with van der Waals surface area (Å²) in [6.45, 7) is 4.71. The highest BCUT2D eigenvalue weighted by Crippen LogP contribution is 2.27. The molecule has 0 bridgehead atoms. The van der Waals surface area contributed by atoms with Gasteiger partial charge in [0.1, 0.15) is 5.75 Å². The van der Waals surface area contributed by atoms with Crippen LogP contribution in [0.3, 0.4) is 0 Å². The van der Waals surface area contributed by atoms with Crippen LogP contribution in [0.1, 0.15) is 18.1 Å². The number of nitrogens with zero attached hydrogens (tertiary/aromatic N) is 1. The molecule has 0 spiro atoms. The first-order chi connectivity index (χ1) is 10.8. The van der Waals surface area contributed by atoms with Gasteiger partial charge in [0.15, 0.2) is 0 Å². The van der Waals surface area contributed by atoms with Crippen LogP contribution < -0.4 is 4.74 Å². The third-order valence-electron chi connectivity index (χ3n) is 3.57. The molecule has 0 atom stereocenters. The van der Waals surface area contributed by atoms with Crippen LogP contribution in [0.4, 0.5) is 5.69 Å². The molecule has 0 saturated heterocycles. The molecule has 2 nitrogen and oxygen atoms in total.